The van der Waals surface area contributed by atoms with Crippen molar-refractivity contribution in [1.82, 2.24) is 9.80 Å². The molecule has 1 aliphatic rings. The van der Waals surface area contributed by atoms with Gasteiger partial charge in [-0.2, -0.15) is 0 Å². The molecule has 1 heterocycles. The summed E-state index contributed by atoms with van der Waals surface area (Å²) in [5, 5.41) is 3.13. The van der Waals surface area contributed by atoms with E-state index in [2.05, 4.69) is 17.3 Å². The van der Waals surface area contributed by atoms with Crippen LogP contribution in [0.4, 0.5) is 5.69 Å². The number of anilines is 1. The number of nitrogens with one attached hydrogen (secondary N) is 1. The third-order valence-corrected chi connectivity index (χ3v) is 4.39. The molecular weight excluding hydrogens is 262 g/mol. The molecule has 21 heavy (non-hydrogen) atoms. The first-order chi connectivity index (χ1) is 10.0. The van der Waals surface area contributed by atoms with E-state index in [1.807, 2.05) is 44.1 Å². The van der Waals surface area contributed by atoms with Gasteiger partial charge in [-0.05, 0) is 63.5 Å². The molecule has 1 fully saturated rings. The van der Waals surface area contributed by atoms with E-state index in [1.54, 1.807) is 0 Å². The lowest BCUT2D eigenvalue weighted by Crippen LogP contribution is -2.38. The monoisotopic (exact) mass is 289 g/mol. The Hall–Kier alpha value is -1.55. The van der Waals surface area contributed by atoms with Gasteiger partial charge in [0.1, 0.15) is 0 Å². The van der Waals surface area contributed by atoms with Crippen LogP contribution in [0.15, 0.2) is 18.2 Å². The Bertz CT molecular complexity index is 493. The Morgan fingerprint density at radius 2 is 2.05 bits per heavy atom. The van der Waals surface area contributed by atoms with Gasteiger partial charge < -0.3 is 15.1 Å². The number of likely N-dealkylation sites (tertiary alicyclic amines) is 1. The fourth-order valence-electron chi connectivity index (χ4n) is 2.97. The number of benzene rings is 1. The summed E-state index contributed by atoms with van der Waals surface area (Å²) in [6.07, 6.45) is 2.36. The number of aryl methyl sites for hydroxylation is 1. The maximum Gasteiger partial charge on any atom is 0.255 e. The number of nitrogens with zero attached hydrogens (tertiary/aromatic N) is 2. The zero-order valence-corrected chi connectivity index (χ0v) is 13.6. The van der Waals surface area contributed by atoms with Crippen molar-refractivity contribution < 1.29 is 4.79 Å². The molecule has 0 bridgehead atoms. The minimum atomic E-state index is 0.110. The maximum absolute atomic E-state index is 12.6. The molecule has 4 nitrogen and oxygen atoms in total. The van der Waals surface area contributed by atoms with Crippen molar-refractivity contribution in [3.8, 4) is 0 Å². The van der Waals surface area contributed by atoms with Gasteiger partial charge in [-0.15, -0.1) is 0 Å². The minimum Gasteiger partial charge on any atom is -0.387 e. The van der Waals surface area contributed by atoms with E-state index in [-0.39, 0.29) is 5.91 Å². The first-order valence-electron chi connectivity index (χ1n) is 7.73. The van der Waals surface area contributed by atoms with Crippen LogP contribution in [-0.4, -0.2) is 56.5 Å². The molecule has 0 saturated carbocycles. The van der Waals surface area contributed by atoms with E-state index in [0.717, 1.165) is 36.4 Å². The zero-order valence-electron chi connectivity index (χ0n) is 13.6. The molecule has 1 aromatic rings. The Morgan fingerprint density at radius 1 is 1.38 bits per heavy atom. The molecule has 0 aliphatic carbocycles. The lowest BCUT2D eigenvalue weighted by molar-refractivity contribution is 0.0748. The van der Waals surface area contributed by atoms with Crippen LogP contribution in [0.5, 0.6) is 0 Å². The molecule has 1 N–H and O–H groups in total. The summed E-state index contributed by atoms with van der Waals surface area (Å²) >= 11 is 0. The van der Waals surface area contributed by atoms with Gasteiger partial charge in [0.2, 0.25) is 0 Å². The largest absolute Gasteiger partial charge is 0.387 e. The predicted molar refractivity (Wildman–Crippen MR) is 87.9 cm³/mol. The van der Waals surface area contributed by atoms with E-state index < -0.39 is 0 Å². The van der Waals surface area contributed by atoms with Crippen LogP contribution in [-0.2, 0) is 0 Å². The van der Waals surface area contributed by atoms with E-state index >= 15 is 0 Å². The number of carbonyl (C=O) groups excluding carboxylic acids is 1. The smallest absolute Gasteiger partial charge is 0.255 e. The molecule has 4 heteroatoms. The fraction of sp³-hybridized carbons (Fsp3) is 0.588. The summed E-state index contributed by atoms with van der Waals surface area (Å²) in [5.74, 6) is 0.733. The molecular formula is C17H27N3O. The maximum atomic E-state index is 12.6. The molecule has 2 rings (SSSR count). The van der Waals surface area contributed by atoms with Gasteiger partial charge in [0.15, 0.2) is 0 Å². The predicted octanol–water partition coefficient (Wildman–Crippen LogP) is 2.45. The van der Waals surface area contributed by atoms with Gasteiger partial charge in [0.05, 0.1) is 5.56 Å². The summed E-state index contributed by atoms with van der Waals surface area (Å²) in [6.45, 7) is 5.17. The molecule has 1 amide bonds. The average Bonchev–Trinajstić information content (AvgIpc) is 2.48. The summed E-state index contributed by atoms with van der Waals surface area (Å²) in [6, 6.07) is 5.95. The number of rotatable bonds is 4. The minimum absolute atomic E-state index is 0.110. The second kappa shape index (κ2) is 6.94. The molecule has 0 unspecified atom stereocenters. The molecule has 116 valence electrons. The van der Waals surface area contributed by atoms with Crippen molar-refractivity contribution in [2.45, 2.75) is 19.8 Å². The van der Waals surface area contributed by atoms with Crippen LogP contribution in [0.3, 0.4) is 0 Å². The second-order valence-electron chi connectivity index (χ2n) is 6.23. The number of amides is 1. The van der Waals surface area contributed by atoms with Crippen molar-refractivity contribution >= 4 is 11.6 Å². The number of hydrogen-bond acceptors (Lipinski definition) is 3. The third-order valence-electron chi connectivity index (χ3n) is 4.39. The molecule has 1 aliphatic heterocycles. The van der Waals surface area contributed by atoms with Crippen molar-refractivity contribution in [2.24, 2.45) is 5.92 Å². The van der Waals surface area contributed by atoms with Crippen LogP contribution < -0.4 is 5.32 Å². The van der Waals surface area contributed by atoms with Crippen LogP contribution in [0.25, 0.3) is 0 Å². The third kappa shape index (κ3) is 3.97. The highest BCUT2D eigenvalue weighted by Gasteiger charge is 2.22. The molecule has 0 atom stereocenters. The SMILES string of the molecule is CNc1cc(C)ccc1C(=O)N(C)CC1CCN(C)CC1. The lowest BCUT2D eigenvalue weighted by Gasteiger charge is -2.31. The zero-order chi connectivity index (χ0) is 15.4. The van der Waals surface area contributed by atoms with Gasteiger partial charge in [0, 0.05) is 26.3 Å². The summed E-state index contributed by atoms with van der Waals surface area (Å²) in [7, 11) is 5.94. The Kier molecular flexibility index (Phi) is 5.23. The molecule has 1 aromatic carbocycles. The van der Waals surface area contributed by atoms with Gasteiger partial charge in [-0.25, -0.2) is 0 Å². The normalized spacial score (nSPS) is 16.8. The highest BCUT2D eigenvalue weighted by atomic mass is 16.2. The van der Waals surface area contributed by atoms with Crippen molar-refractivity contribution in [3.05, 3.63) is 29.3 Å². The topological polar surface area (TPSA) is 35.6 Å². The average molecular weight is 289 g/mol. The van der Waals surface area contributed by atoms with Gasteiger partial charge in [-0.1, -0.05) is 6.07 Å². The summed E-state index contributed by atoms with van der Waals surface area (Å²) < 4.78 is 0. The van der Waals surface area contributed by atoms with E-state index in [0.29, 0.717) is 5.92 Å². The summed E-state index contributed by atoms with van der Waals surface area (Å²) in [5.41, 5.74) is 2.84. The Morgan fingerprint density at radius 3 is 2.67 bits per heavy atom. The van der Waals surface area contributed by atoms with Crippen LogP contribution in [0, 0.1) is 12.8 Å². The van der Waals surface area contributed by atoms with E-state index in [9.17, 15) is 4.79 Å². The van der Waals surface area contributed by atoms with E-state index in [1.165, 1.54) is 12.8 Å². The number of hydrogen-bond donors (Lipinski definition) is 1. The first-order valence-corrected chi connectivity index (χ1v) is 7.73. The van der Waals surface area contributed by atoms with Crippen LogP contribution in [0.2, 0.25) is 0 Å². The highest BCUT2D eigenvalue weighted by molar-refractivity contribution is 5.99. The van der Waals surface area contributed by atoms with Crippen LogP contribution in [0.1, 0.15) is 28.8 Å². The van der Waals surface area contributed by atoms with Crippen molar-refractivity contribution in [2.75, 3.05) is 46.1 Å². The van der Waals surface area contributed by atoms with Crippen molar-refractivity contribution in [1.29, 1.82) is 0 Å². The van der Waals surface area contributed by atoms with Crippen molar-refractivity contribution in [3.63, 3.8) is 0 Å². The Labute approximate surface area is 128 Å². The Balaban J connectivity index is 2.02. The van der Waals surface area contributed by atoms with Gasteiger partial charge in [0.25, 0.3) is 5.91 Å². The fourth-order valence-corrected chi connectivity index (χ4v) is 2.97. The number of carbonyl (C=O) groups is 1. The van der Waals surface area contributed by atoms with E-state index in [4.69, 9.17) is 0 Å². The quantitative estimate of drug-likeness (QED) is 0.925. The summed E-state index contributed by atoms with van der Waals surface area (Å²) in [4.78, 5) is 16.9. The van der Waals surface area contributed by atoms with Gasteiger partial charge >= 0.3 is 0 Å². The molecule has 1 saturated heterocycles. The number of piperidine rings is 1. The highest BCUT2D eigenvalue weighted by Crippen LogP contribution is 2.21. The molecule has 0 spiro atoms. The molecule has 0 radical (unpaired) electrons. The first kappa shape index (κ1) is 15.8. The van der Waals surface area contributed by atoms with Gasteiger partial charge in [-0.3, -0.25) is 4.79 Å². The molecule has 0 aromatic heterocycles. The second-order valence-corrected chi connectivity index (χ2v) is 6.23. The standard InChI is InChI=1S/C17H27N3O/c1-13-5-6-15(16(11-13)18-2)17(21)20(4)12-14-7-9-19(3)10-8-14/h5-6,11,14,18H,7-10,12H2,1-4H3. The van der Waals surface area contributed by atoms with Crippen LogP contribution >= 0.6 is 0 Å². The lowest BCUT2D eigenvalue weighted by atomic mass is 9.96.